The van der Waals surface area contributed by atoms with Crippen LogP contribution in [-0.2, 0) is 20.9 Å². The molecule has 2 aromatic rings. The quantitative estimate of drug-likeness (QED) is 0.339. The topological polar surface area (TPSA) is 81.5 Å². The van der Waals surface area contributed by atoms with Crippen molar-refractivity contribution in [3.63, 3.8) is 0 Å². The average Bonchev–Trinajstić information content (AvgIpc) is 2.76. The summed E-state index contributed by atoms with van der Waals surface area (Å²) in [5, 5.41) is 1.08. The molecule has 1 aromatic heterocycles. The van der Waals surface area contributed by atoms with Crippen LogP contribution >= 0.6 is 23.4 Å². The Balaban J connectivity index is 1.78. The van der Waals surface area contributed by atoms with E-state index in [0.717, 1.165) is 0 Å². The van der Waals surface area contributed by atoms with Gasteiger partial charge < -0.3 is 9.64 Å². The molecule has 0 spiro atoms. The van der Waals surface area contributed by atoms with Gasteiger partial charge in [-0.15, -0.1) is 0 Å². The molecule has 32 heavy (non-hydrogen) atoms. The number of fused-ring (bicyclic) bond motifs is 1. The summed E-state index contributed by atoms with van der Waals surface area (Å²) in [7, 11) is 0. The monoisotopic (exact) mass is 479 g/mol. The average molecular weight is 480 g/mol. The minimum Gasteiger partial charge on any atom is -0.466 e. The Bertz CT molecular complexity index is 1050. The molecule has 7 nitrogen and oxygen atoms in total. The maximum absolute atomic E-state index is 13.2. The van der Waals surface area contributed by atoms with Gasteiger partial charge in [-0.2, -0.15) is 0 Å². The van der Waals surface area contributed by atoms with Gasteiger partial charge in [0.05, 0.1) is 28.7 Å². The number of halogens is 1. The van der Waals surface area contributed by atoms with E-state index < -0.39 is 5.25 Å². The number of carbonyl (C=O) groups is 2. The van der Waals surface area contributed by atoms with Gasteiger partial charge in [0.1, 0.15) is 0 Å². The molecule has 1 unspecified atom stereocenters. The summed E-state index contributed by atoms with van der Waals surface area (Å²) < 4.78 is 6.75. The van der Waals surface area contributed by atoms with Gasteiger partial charge in [0.15, 0.2) is 5.16 Å². The smallest absolute Gasteiger partial charge is 0.309 e. The van der Waals surface area contributed by atoms with Crippen LogP contribution in [0.1, 0.15) is 40.5 Å². The van der Waals surface area contributed by atoms with Crippen molar-refractivity contribution < 1.29 is 14.3 Å². The van der Waals surface area contributed by atoms with Crippen LogP contribution in [0, 0.1) is 11.8 Å². The Morgan fingerprint density at radius 1 is 1.25 bits per heavy atom. The first kappa shape index (κ1) is 24.6. The lowest BCUT2D eigenvalue weighted by Crippen LogP contribution is -2.43. The van der Waals surface area contributed by atoms with Gasteiger partial charge in [-0.3, -0.25) is 19.0 Å². The fraction of sp³-hybridized carbons (Fsp3) is 0.565. The van der Waals surface area contributed by atoms with Gasteiger partial charge in [0, 0.05) is 24.7 Å². The molecule has 1 fully saturated rings. The number of aromatic nitrogens is 2. The number of rotatable bonds is 7. The summed E-state index contributed by atoms with van der Waals surface area (Å²) in [5.41, 5.74) is 0.417. The van der Waals surface area contributed by atoms with Crippen molar-refractivity contribution in [1.29, 1.82) is 0 Å². The molecule has 0 saturated carbocycles. The van der Waals surface area contributed by atoms with Crippen LogP contribution in [0.25, 0.3) is 10.9 Å². The largest absolute Gasteiger partial charge is 0.466 e. The number of hydrogen-bond donors (Lipinski definition) is 0. The maximum atomic E-state index is 13.2. The Morgan fingerprint density at radius 3 is 2.56 bits per heavy atom. The highest BCUT2D eigenvalue weighted by Crippen LogP contribution is 2.27. The maximum Gasteiger partial charge on any atom is 0.309 e. The van der Waals surface area contributed by atoms with E-state index in [4.69, 9.17) is 16.3 Å². The van der Waals surface area contributed by atoms with Crippen molar-refractivity contribution in [1.82, 2.24) is 14.5 Å². The third kappa shape index (κ3) is 5.64. The SMILES string of the molecule is CCOC(=O)C1CCN(C(=O)C(C)Sc2nc3ccc(Cl)cc3c(=O)n2CC(C)C)CC1. The van der Waals surface area contributed by atoms with E-state index in [1.54, 1.807) is 34.6 Å². The third-order valence-corrected chi connectivity index (χ3v) is 6.80. The number of ether oxygens (including phenoxy) is 1. The molecule has 0 bridgehead atoms. The summed E-state index contributed by atoms with van der Waals surface area (Å²) in [4.78, 5) is 44.7. The number of nitrogens with zero attached hydrogens (tertiary/aromatic N) is 3. The molecule has 1 amide bonds. The molecule has 1 aromatic carbocycles. The predicted octanol–water partition coefficient (Wildman–Crippen LogP) is 3.99. The molecule has 174 valence electrons. The van der Waals surface area contributed by atoms with Crippen LogP contribution < -0.4 is 5.56 Å². The molecule has 1 saturated heterocycles. The molecule has 3 rings (SSSR count). The lowest BCUT2D eigenvalue weighted by Gasteiger charge is -2.32. The van der Waals surface area contributed by atoms with Crippen LogP contribution in [0.2, 0.25) is 5.02 Å². The lowest BCUT2D eigenvalue weighted by molar-refractivity contribution is -0.151. The molecule has 1 aliphatic heterocycles. The number of carbonyl (C=O) groups excluding carboxylic acids is 2. The second kappa shape index (κ2) is 10.7. The molecular formula is C23H30ClN3O4S. The standard InChI is InChI=1S/C23H30ClN3O4S/c1-5-31-22(30)16-8-10-26(11-9-16)20(28)15(4)32-23-25-19-7-6-17(24)12-18(19)21(29)27(23)13-14(2)3/h6-7,12,14-16H,5,8-11,13H2,1-4H3. The zero-order valence-corrected chi connectivity index (χ0v) is 20.5. The van der Waals surface area contributed by atoms with E-state index in [1.807, 2.05) is 20.8 Å². The highest BCUT2D eigenvalue weighted by molar-refractivity contribution is 8.00. The minimum absolute atomic E-state index is 0.0149. The van der Waals surface area contributed by atoms with Crippen molar-refractivity contribution in [3.8, 4) is 0 Å². The molecule has 0 aliphatic carbocycles. The Hall–Kier alpha value is -2.06. The van der Waals surface area contributed by atoms with Crippen LogP contribution in [0.3, 0.4) is 0 Å². The van der Waals surface area contributed by atoms with E-state index in [2.05, 4.69) is 4.98 Å². The number of benzene rings is 1. The van der Waals surface area contributed by atoms with Crippen LogP contribution in [0.4, 0.5) is 0 Å². The fourth-order valence-electron chi connectivity index (χ4n) is 3.85. The van der Waals surface area contributed by atoms with Crippen LogP contribution in [0.5, 0.6) is 0 Å². The first-order chi connectivity index (χ1) is 15.2. The highest BCUT2D eigenvalue weighted by Gasteiger charge is 2.31. The van der Waals surface area contributed by atoms with Gasteiger partial charge in [-0.05, 0) is 50.8 Å². The van der Waals surface area contributed by atoms with E-state index >= 15 is 0 Å². The molecule has 9 heteroatoms. The van der Waals surface area contributed by atoms with Crippen molar-refractivity contribution >= 4 is 46.1 Å². The zero-order valence-electron chi connectivity index (χ0n) is 19.0. The van der Waals surface area contributed by atoms with Gasteiger partial charge in [0.2, 0.25) is 5.91 Å². The predicted molar refractivity (Wildman–Crippen MR) is 127 cm³/mol. The normalized spacial score (nSPS) is 15.9. The molecule has 2 heterocycles. The molecule has 1 aliphatic rings. The molecule has 0 radical (unpaired) electrons. The van der Waals surface area contributed by atoms with Crippen molar-refractivity contribution in [2.45, 2.75) is 57.5 Å². The first-order valence-corrected chi connectivity index (χ1v) is 12.3. The minimum atomic E-state index is -0.413. The first-order valence-electron chi connectivity index (χ1n) is 11.0. The van der Waals surface area contributed by atoms with Gasteiger partial charge in [-0.1, -0.05) is 37.2 Å². The molecule has 1 atom stereocenters. The summed E-state index contributed by atoms with van der Waals surface area (Å²) in [6.07, 6.45) is 1.21. The van der Waals surface area contributed by atoms with Crippen molar-refractivity contribution in [2.24, 2.45) is 11.8 Å². The van der Waals surface area contributed by atoms with E-state index in [-0.39, 0.29) is 29.3 Å². The van der Waals surface area contributed by atoms with Crippen molar-refractivity contribution in [2.75, 3.05) is 19.7 Å². The molecular weight excluding hydrogens is 450 g/mol. The summed E-state index contributed by atoms with van der Waals surface area (Å²) >= 11 is 7.39. The number of hydrogen-bond acceptors (Lipinski definition) is 6. The van der Waals surface area contributed by atoms with E-state index in [1.165, 1.54) is 11.8 Å². The lowest BCUT2D eigenvalue weighted by atomic mass is 9.97. The second-order valence-corrected chi connectivity index (χ2v) is 10.2. The van der Waals surface area contributed by atoms with Crippen molar-refractivity contribution in [3.05, 3.63) is 33.6 Å². The number of thioether (sulfide) groups is 1. The number of likely N-dealkylation sites (tertiary alicyclic amines) is 1. The van der Waals surface area contributed by atoms with Crippen LogP contribution in [0.15, 0.2) is 28.2 Å². The van der Waals surface area contributed by atoms with Gasteiger partial charge in [-0.25, -0.2) is 4.98 Å². The summed E-state index contributed by atoms with van der Waals surface area (Å²) in [5.74, 6) is -0.107. The van der Waals surface area contributed by atoms with E-state index in [9.17, 15) is 14.4 Å². The Kier molecular flexibility index (Phi) is 8.22. The Morgan fingerprint density at radius 2 is 1.94 bits per heavy atom. The van der Waals surface area contributed by atoms with Gasteiger partial charge in [0.25, 0.3) is 5.56 Å². The van der Waals surface area contributed by atoms with Crippen LogP contribution in [-0.4, -0.2) is 51.3 Å². The Labute approximate surface area is 197 Å². The molecule has 0 N–H and O–H groups in total. The summed E-state index contributed by atoms with van der Waals surface area (Å²) in [6.45, 7) is 9.62. The zero-order chi connectivity index (χ0) is 23.4. The third-order valence-electron chi connectivity index (χ3n) is 5.49. The van der Waals surface area contributed by atoms with Gasteiger partial charge >= 0.3 is 5.97 Å². The second-order valence-electron chi connectivity index (χ2n) is 8.48. The highest BCUT2D eigenvalue weighted by atomic mass is 35.5. The number of amides is 1. The number of piperidine rings is 1. The van der Waals surface area contributed by atoms with E-state index in [0.29, 0.717) is 60.2 Å². The summed E-state index contributed by atoms with van der Waals surface area (Å²) in [6, 6.07) is 5.08. The number of esters is 1. The fourth-order valence-corrected chi connectivity index (χ4v) is 5.02.